The van der Waals surface area contributed by atoms with Gasteiger partial charge in [-0.3, -0.25) is 19.0 Å². The summed E-state index contributed by atoms with van der Waals surface area (Å²) in [6.07, 6.45) is 10.5. The van der Waals surface area contributed by atoms with Crippen molar-refractivity contribution >= 4 is 22.2 Å². The molecule has 0 aliphatic carbocycles. The SMILES string of the molecule is O=C(c1nc2sccn2c1CN1CCCC[C@H]1CCN1CCOCC1)N1CCCCC1. The van der Waals surface area contributed by atoms with Crippen molar-refractivity contribution in [1.29, 1.82) is 0 Å². The molecule has 0 saturated carbocycles. The van der Waals surface area contributed by atoms with Crippen LogP contribution in [-0.2, 0) is 11.3 Å². The number of rotatable bonds is 6. The fraction of sp³-hybridized carbons (Fsp3) is 0.739. The molecule has 1 amide bonds. The molecule has 0 radical (unpaired) electrons. The summed E-state index contributed by atoms with van der Waals surface area (Å²) in [6.45, 7) is 8.65. The molecule has 0 unspecified atom stereocenters. The summed E-state index contributed by atoms with van der Waals surface area (Å²) in [7, 11) is 0. The van der Waals surface area contributed by atoms with E-state index in [4.69, 9.17) is 9.72 Å². The highest BCUT2D eigenvalue weighted by molar-refractivity contribution is 7.15. The van der Waals surface area contributed by atoms with Gasteiger partial charge in [0, 0.05) is 50.3 Å². The number of thiazole rings is 1. The predicted octanol–water partition coefficient (Wildman–Crippen LogP) is 3.10. The number of nitrogens with zero attached hydrogens (tertiary/aromatic N) is 5. The Bertz CT molecular complexity index is 869. The zero-order valence-electron chi connectivity index (χ0n) is 18.5. The third-order valence-corrected chi connectivity index (χ3v) is 7.95. The van der Waals surface area contributed by atoms with Crippen LogP contribution < -0.4 is 0 Å². The molecule has 0 N–H and O–H groups in total. The summed E-state index contributed by atoms with van der Waals surface area (Å²) in [5.41, 5.74) is 1.77. The Morgan fingerprint density at radius 1 is 1.06 bits per heavy atom. The van der Waals surface area contributed by atoms with Gasteiger partial charge in [0.05, 0.1) is 18.9 Å². The molecule has 170 valence electrons. The molecule has 0 bridgehead atoms. The van der Waals surface area contributed by atoms with Crippen molar-refractivity contribution < 1.29 is 9.53 Å². The number of imidazole rings is 1. The first-order chi connectivity index (χ1) is 15.3. The van der Waals surface area contributed by atoms with Gasteiger partial charge in [-0.1, -0.05) is 6.42 Å². The van der Waals surface area contributed by atoms with Gasteiger partial charge in [-0.05, 0) is 51.6 Å². The number of ether oxygens (including phenoxy) is 1. The average Bonchev–Trinajstić information content (AvgIpc) is 3.42. The topological polar surface area (TPSA) is 53.3 Å². The second-order valence-corrected chi connectivity index (χ2v) is 10.1. The molecule has 7 nitrogen and oxygen atoms in total. The van der Waals surface area contributed by atoms with Crippen LogP contribution in [0.1, 0.15) is 61.1 Å². The molecule has 0 spiro atoms. The Labute approximate surface area is 189 Å². The summed E-state index contributed by atoms with van der Waals surface area (Å²) in [5.74, 6) is 0.132. The van der Waals surface area contributed by atoms with E-state index in [1.165, 1.54) is 32.1 Å². The number of hydrogen-bond acceptors (Lipinski definition) is 6. The molecule has 5 heterocycles. The van der Waals surface area contributed by atoms with E-state index in [1.807, 2.05) is 4.90 Å². The van der Waals surface area contributed by atoms with Gasteiger partial charge in [0.1, 0.15) is 0 Å². The molecular formula is C23H35N5O2S. The minimum absolute atomic E-state index is 0.132. The molecular weight excluding hydrogens is 410 g/mol. The van der Waals surface area contributed by atoms with Crippen LogP contribution in [0.4, 0.5) is 0 Å². The molecule has 3 saturated heterocycles. The molecule has 0 aromatic carbocycles. The van der Waals surface area contributed by atoms with Gasteiger partial charge in [0.2, 0.25) is 0 Å². The first-order valence-electron chi connectivity index (χ1n) is 12.1. The molecule has 3 fully saturated rings. The zero-order valence-corrected chi connectivity index (χ0v) is 19.3. The molecule has 5 rings (SSSR count). The molecule has 2 aromatic heterocycles. The number of piperidine rings is 2. The number of aromatic nitrogens is 2. The van der Waals surface area contributed by atoms with Crippen LogP contribution in [0, 0.1) is 0 Å². The summed E-state index contributed by atoms with van der Waals surface area (Å²) in [5, 5.41) is 2.08. The van der Waals surface area contributed by atoms with E-state index < -0.39 is 0 Å². The molecule has 2 aromatic rings. The highest BCUT2D eigenvalue weighted by Gasteiger charge is 2.29. The molecule has 8 heteroatoms. The van der Waals surface area contributed by atoms with Crippen LogP contribution in [-0.4, -0.2) is 88.5 Å². The second kappa shape index (κ2) is 9.98. The fourth-order valence-corrected chi connectivity index (χ4v) is 6.08. The Morgan fingerprint density at radius 3 is 2.71 bits per heavy atom. The van der Waals surface area contributed by atoms with E-state index in [1.54, 1.807) is 11.3 Å². The quantitative estimate of drug-likeness (QED) is 0.684. The average molecular weight is 446 g/mol. The Hall–Kier alpha value is -1.48. The lowest BCUT2D eigenvalue weighted by Crippen LogP contribution is -2.44. The number of amides is 1. The maximum atomic E-state index is 13.4. The van der Waals surface area contributed by atoms with Gasteiger partial charge in [0.15, 0.2) is 10.7 Å². The van der Waals surface area contributed by atoms with E-state index in [0.29, 0.717) is 11.7 Å². The first-order valence-corrected chi connectivity index (χ1v) is 13.0. The number of likely N-dealkylation sites (tertiary alicyclic amines) is 2. The molecule has 1 atom stereocenters. The number of fused-ring (bicyclic) bond motifs is 1. The Balaban J connectivity index is 1.32. The lowest BCUT2D eigenvalue weighted by molar-refractivity contribution is 0.0301. The highest BCUT2D eigenvalue weighted by atomic mass is 32.1. The normalized spacial score (nSPS) is 24.1. The van der Waals surface area contributed by atoms with Crippen molar-refractivity contribution in [3.8, 4) is 0 Å². The van der Waals surface area contributed by atoms with Crippen molar-refractivity contribution in [3.63, 3.8) is 0 Å². The van der Waals surface area contributed by atoms with E-state index in [-0.39, 0.29) is 5.91 Å². The van der Waals surface area contributed by atoms with Gasteiger partial charge < -0.3 is 9.64 Å². The van der Waals surface area contributed by atoms with E-state index >= 15 is 0 Å². The Morgan fingerprint density at radius 2 is 1.87 bits per heavy atom. The number of carbonyl (C=O) groups excluding carboxylic acids is 1. The van der Waals surface area contributed by atoms with Gasteiger partial charge in [0.25, 0.3) is 5.91 Å². The molecule has 3 aliphatic heterocycles. The van der Waals surface area contributed by atoms with E-state index in [9.17, 15) is 4.79 Å². The number of carbonyl (C=O) groups is 1. The summed E-state index contributed by atoms with van der Waals surface area (Å²) >= 11 is 1.62. The zero-order chi connectivity index (χ0) is 21.0. The van der Waals surface area contributed by atoms with Crippen LogP contribution >= 0.6 is 11.3 Å². The van der Waals surface area contributed by atoms with E-state index in [2.05, 4.69) is 25.8 Å². The lowest BCUT2D eigenvalue weighted by Gasteiger charge is -2.37. The van der Waals surface area contributed by atoms with E-state index in [0.717, 1.165) is 82.5 Å². The Kier molecular flexibility index (Phi) is 6.88. The standard InChI is InChI=1S/C23H35N5O2S/c29-22(26-8-3-1-4-9-26)21-20(28-14-17-31-23(28)24-21)18-27-10-5-2-6-19(27)7-11-25-12-15-30-16-13-25/h14,17,19H,1-13,15-16,18H2/t19-/m0/s1. The van der Waals surface area contributed by atoms with Crippen LogP contribution in [0.3, 0.4) is 0 Å². The van der Waals surface area contributed by atoms with Crippen molar-refractivity contribution in [2.24, 2.45) is 0 Å². The summed E-state index contributed by atoms with van der Waals surface area (Å²) in [6, 6.07) is 0.582. The minimum atomic E-state index is 0.132. The largest absolute Gasteiger partial charge is 0.379 e. The summed E-state index contributed by atoms with van der Waals surface area (Å²) in [4.78, 5) is 26.3. The first kappa shape index (κ1) is 21.4. The van der Waals surface area contributed by atoms with Gasteiger partial charge >= 0.3 is 0 Å². The van der Waals surface area contributed by atoms with Gasteiger partial charge in [-0.25, -0.2) is 4.98 Å². The van der Waals surface area contributed by atoms with Crippen molar-refractivity contribution in [1.82, 2.24) is 24.1 Å². The fourth-order valence-electron chi connectivity index (χ4n) is 5.35. The maximum Gasteiger partial charge on any atom is 0.274 e. The van der Waals surface area contributed by atoms with Crippen LogP contribution in [0.2, 0.25) is 0 Å². The lowest BCUT2D eigenvalue weighted by atomic mass is 9.98. The van der Waals surface area contributed by atoms with Crippen LogP contribution in [0.15, 0.2) is 11.6 Å². The van der Waals surface area contributed by atoms with Crippen molar-refractivity contribution in [2.45, 2.75) is 57.5 Å². The minimum Gasteiger partial charge on any atom is -0.379 e. The number of morpholine rings is 1. The van der Waals surface area contributed by atoms with Gasteiger partial charge in [-0.15, -0.1) is 11.3 Å². The third-order valence-electron chi connectivity index (χ3n) is 7.19. The summed E-state index contributed by atoms with van der Waals surface area (Å²) < 4.78 is 7.67. The maximum absolute atomic E-state index is 13.4. The van der Waals surface area contributed by atoms with Crippen molar-refractivity contribution in [3.05, 3.63) is 23.0 Å². The van der Waals surface area contributed by atoms with Gasteiger partial charge in [-0.2, -0.15) is 0 Å². The number of hydrogen-bond donors (Lipinski definition) is 0. The predicted molar refractivity (Wildman–Crippen MR) is 123 cm³/mol. The molecule has 31 heavy (non-hydrogen) atoms. The van der Waals surface area contributed by atoms with Crippen LogP contribution in [0.5, 0.6) is 0 Å². The molecule has 3 aliphatic rings. The smallest absolute Gasteiger partial charge is 0.274 e. The second-order valence-electron chi connectivity index (χ2n) is 9.18. The highest BCUT2D eigenvalue weighted by Crippen LogP contribution is 2.26. The van der Waals surface area contributed by atoms with Crippen LogP contribution in [0.25, 0.3) is 4.96 Å². The third kappa shape index (κ3) is 4.82. The van der Waals surface area contributed by atoms with Crippen molar-refractivity contribution in [2.75, 3.05) is 52.5 Å². The monoisotopic (exact) mass is 445 g/mol.